The van der Waals surface area contributed by atoms with Gasteiger partial charge in [-0.25, -0.2) is 15.0 Å². The molecular formula is C17H17N7S. The van der Waals surface area contributed by atoms with E-state index in [4.69, 9.17) is 4.98 Å². The maximum absolute atomic E-state index is 4.71. The van der Waals surface area contributed by atoms with Gasteiger partial charge in [0.05, 0.1) is 11.9 Å². The first-order valence-corrected chi connectivity index (χ1v) is 8.69. The van der Waals surface area contributed by atoms with Gasteiger partial charge in [0, 0.05) is 24.0 Å². The zero-order chi connectivity index (χ0) is 17.2. The normalized spacial score (nSPS) is 11.1. The molecule has 8 heteroatoms. The van der Waals surface area contributed by atoms with Crippen LogP contribution in [0, 0.1) is 6.92 Å². The second kappa shape index (κ2) is 6.58. The molecule has 7 nitrogen and oxygen atoms in total. The maximum atomic E-state index is 4.71. The van der Waals surface area contributed by atoms with Crippen molar-refractivity contribution in [2.45, 2.75) is 13.5 Å². The number of nitrogens with zero attached hydrogens (tertiary/aromatic N) is 4. The first kappa shape index (κ1) is 15.7. The highest BCUT2D eigenvalue weighted by Gasteiger charge is 2.10. The quantitative estimate of drug-likeness (QED) is 0.511. The van der Waals surface area contributed by atoms with Crippen LogP contribution in [0.1, 0.15) is 11.3 Å². The highest BCUT2D eigenvalue weighted by Crippen LogP contribution is 2.29. The van der Waals surface area contributed by atoms with Crippen molar-refractivity contribution >= 4 is 32.6 Å². The Morgan fingerprint density at radius 1 is 1.20 bits per heavy atom. The van der Waals surface area contributed by atoms with Crippen molar-refractivity contribution in [3.8, 4) is 11.3 Å². The number of aromatic amines is 1. The zero-order valence-corrected chi connectivity index (χ0v) is 14.7. The Labute approximate surface area is 148 Å². The van der Waals surface area contributed by atoms with E-state index in [0.717, 1.165) is 50.4 Å². The van der Waals surface area contributed by atoms with Gasteiger partial charge < -0.3 is 10.6 Å². The standard InChI is InChI=1S/C17H17N7S/c1-10-12(9-20-24-10)13-3-4-14-16(21-13)25-17(22-14)23-15-7-11(8-18-2)5-6-19-15/h3-7,9,18H,8H2,1-2H3,(H,20,24)(H,19,22,23). The number of hydrogen-bond donors (Lipinski definition) is 3. The number of aromatic nitrogens is 5. The minimum atomic E-state index is 0.776. The SMILES string of the molecule is CNCc1ccnc(Nc2nc3ccc(-c4cn[nH]c4C)nc3s2)c1. The molecule has 0 saturated heterocycles. The van der Waals surface area contributed by atoms with Crippen LogP contribution in [0.5, 0.6) is 0 Å². The Kier molecular flexibility index (Phi) is 4.12. The second-order valence-corrected chi connectivity index (χ2v) is 6.63. The summed E-state index contributed by atoms with van der Waals surface area (Å²) in [5.74, 6) is 0.776. The molecule has 0 aliphatic heterocycles. The van der Waals surface area contributed by atoms with Crippen molar-refractivity contribution in [1.82, 2.24) is 30.5 Å². The predicted octanol–water partition coefficient (Wildman–Crippen LogP) is 3.25. The van der Waals surface area contributed by atoms with E-state index in [0.29, 0.717) is 0 Å². The lowest BCUT2D eigenvalue weighted by atomic mass is 10.2. The fourth-order valence-corrected chi connectivity index (χ4v) is 3.44. The number of fused-ring (bicyclic) bond motifs is 1. The number of hydrogen-bond acceptors (Lipinski definition) is 7. The summed E-state index contributed by atoms with van der Waals surface area (Å²) < 4.78 is 0. The third-order valence-electron chi connectivity index (χ3n) is 3.80. The average Bonchev–Trinajstić information content (AvgIpc) is 3.20. The summed E-state index contributed by atoms with van der Waals surface area (Å²) in [5.41, 5.74) is 4.93. The highest BCUT2D eigenvalue weighted by atomic mass is 32.1. The van der Waals surface area contributed by atoms with Crippen LogP contribution in [0.25, 0.3) is 21.6 Å². The van der Waals surface area contributed by atoms with Crippen molar-refractivity contribution < 1.29 is 0 Å². The number of aryl methyl sites for hydroxylation is 1. The van der Waals surface area contributed by atoms with E-state index in [9.17, 15) is 0 Å². The summed E-state index contributed by atoms with van der Waals surface area (Å²) in [5, 5.41) is 14.2. The van der Waals surface area contributed by atoms with Gasteiger partial charge in [-0.3, -0.25) is 5.10 Å². The molecule has 0 aliphatic carbocycles. The van der Waals surface area contributed by atoms with E-state index in [1.807, 2.05) is 38.2 Å². The van der Waals surface area contributed by atoms with Gasteiger partial charge in [-0.1, -0.05) is 11.3 Å². The number of pyridine rings is 2. The minimum absolute atomic E-state index is 0.776. The molecular weight excluding hydrogens is 334 g/mol. The van der Waals surface area contributed by atoms with Gasteiger partial charge >= 0.3 is 0 Å². The molecule has 126 valence electrons. The Hall–Kier alpha value is -2.84. The molecule has 0 saturated carbocycles. The molecule has 4 heterocycles. The predicted molar refractivity (Wildman–Crippen MR) is 100 cm³/mol. The molecule has 4 aromatic heterocycles. The summed E-state index contributed by atoms with van der Waals surface area (Å²) in [4.78, 5) is 14.5. The molecule has 0 aromatic carbocycles. The van der Waals surface area contributed by atoms with Crippen LogP contribution in [0.3, 0.4) is 0 Å². The van der Waals surface area contributed by atoms with E-state index in [1.165, 1.54) is 11.3 Å². The van der Waals surface area contributed by atoms with Gasteiger partial charge in [0.25, 0.3) is 0 Å². The number of thiazole rings is 1. The van der Waals surface area contributed by atoms with Crippen molar-refractivity contribution in [2.24, 2.45) is 0 Å². The van der Waals surface area contributed by atoms with Crippen LogP contribution in [-0.2, 0) is 6.54 Å². The molecule has 0 amide bonds. The van der Waals surface area contributed by atoms with Gasteiger partial charge in [0.2, 0.25) is 0 Å². The molecule has 4 rings (SSSR count). The van der Waals surface area contributed by atoms with Crippen molar-refractivity contribution in [3.63, 3.8) is 0 Å². The molecule has 0 fully saturated rings. The van der Waals surface area contributed by atoms with Crippen LogP contribution in [-0.4, -0.2) is 32.2 Å². The molecule has 0 unspecified atom stereocenters. The first-order chi connectivity index (χ1) is 12.2. The largest absolute Gasteiger partial charge is 0.316 e. The van der Waals surface area contributed by atoms with E-state index in [1.54, 1.807) is 12.4 Å². The number of anilines is 2. The summed E-state index contributed by atoms with van der Waals surface area (Å²) in [6.45, 7) is 2.78. The molecule has 0 bridgehead atoms. The van der Waals surface area contributed by atoms with Gasteiger partial charge in [0.1, 0.15) is 16.2 Å². The lowest BCUT2D eigenvalue weighted by molar-refractivity contribution is 0.816. The Morgan fingerprint density at radius 3 is 2.92 bits per heavy atom. The van der Waals surface area contributed by atoms with Gasteiger partial charge in [-0.2, -0.15) is 5.10 Å². The van der Waals surface area contributed by atoms with Gasteiger partial charge in [0.15, 0.2) is 5.13 Å². The Morgan fingerprint density at radius 2 is 2.12 bits per heavy atom. The van der Waals surface area contributed by atoms with Gasteiger partial charge in [-0.05, 0) is 43.8 Å². The Balaban J connectivity index is 1.63. The fourth-order valence-electron chi connectivity index (χ4n) is 2.60. The van der Waals surface area contributed by atoms with E-state index in [2.05, 4.69) is 30.8 Å². The zero-order valence-electron chi connectivity index (χ0n) is 13.9. The molecule has 3 N–H and O–H groups in total. The Bertz CT molecular complexity index is 1020. The highest BCUT2D eigenvalue weighted by molar-refractivity contribution is 7.21. The third-order valence-corrected chi connectivity index (χ3v) is 4.68. The van der Waals surface area contributed by atoms with Crippen LogP contribution in [0.15, 0.2) is 36.7 Å². The number of H-pyrrole nitrogens is 1. The summed E-state index contributed by atoms with van der Waals surface area (Å²) >= 11 is 1.51. The van der Waals surface area contributed by atoms with Crippen molar-refractivity contribution in [2.75, 3.05) is 12.4 Å². The van der Waals surface area contributed by atoms with Crippen molar-refractivity contribution in [3.05, 3.63) is 47.9 Å². The summed E-state index contributed by atoms with van der Waals surface area (Å²) in [7, 11) is 1.92. The molecule has 0 aliphatic rings. The maximum Gasteiger partial charge on any atom is 0.190 e. The second-order valence-electron chi connectivity index (χ2n) is 5.65. The minimum Gasteiger partial charge on any atom is -0.316 e. The van der Waals surface area contributed by atoms with Crippen LogP contribution in [0.4, 0.5) is 10.9 Å². The molecule has 4 aromatic rings. The van der Waals surface area contributed by atoms with E-state index in [-0.39, 0.29) is 0 Å². The first-order valence-electron chi connectivity index (χ1n) is 7.87. The lowest BCUT2D eigenvalue weighted by Gasteiger charge is -2.04. The number of rotatable bonds is 5. The summed E-state index contributed by atoms with van der Waals surface area (Å²) in [6, 6.07) is 7.95. The van der Waals surface area contributed by atoms with E-state index >= 15 is 0 Å². The molecule has 0 atom stereocenters. The van der Waals surface area contributed by atoms with Crippen LogP contribution >= 0.6 is 11.3 Å². The lowest BCUT2D eigenvalue weighted by Crippen LogP contribution is -2.05. The van der Waals surface area contributed by atoms with Crippen molar-refractivity contribution in [1.29, 1.82) is 0 Å². The van der Waals surface area contributed by atoms with E-state index < -0.39 is 0 Å². The third kappa shape index (κ3) is 3.21. The molecule has 0 spiro atoms. The van der Waals surface area contributed by atoms with Crippen LogP contribution in [0.2, 0.25) is 0 Å². The molecule has 25 heavy (non-hydrogen) atoms. The topological polar surface area (TPSA) is 91.4 Å². The van der Waals surface area contributed by atoms with Crippen LogP contribution < -0.4 is 10.6 Å². The molecule has 0 radical (unpaired) electrons. The fraction of sp³-hybridized carbons (Fsp3) is 0.176. The number of nitrogens with one attached hydrogen (secondary N) is 3. The average molecular weight is 351 g/mol. The van der Waals surface area contributed by atoms with Gasteiger partial charge in [-0.15, -0.1) is 0 Å². The summed E-state index contributed by atoms with van der Waals surface area (Å²) in [6.07, 6.45) is 3.58. The smallest absolute Gasteiger partial charge is 0.190 e. The monoisotopic (exact) mass is 351 g/mol.